The first-order valence-corrected chi connectivity index (χ1v) is 3.56. The van der Waals surface area contributed by atoms with Gasteiger partial charge in [0.2, 0.25) is 0 Å². The lowest BCUT2D eigenvalue weighted by atomic mass is 10.3. The van der Waals surface area contributed by atoms with Crippen molar-refractivity contribution in [2.75, 3.05) is 14.1 Å². The van der Waals surface area contributed by atoms with E-state index in [1.54, 1.807) is 19.0 Å². The molecule has 5 heteroatoms. The molecule has 0 aliphatic rings. The van der Waals surface area contributed by atoms with Crippen LogP contribution < -0.4 is 5.32 Å². The van der Waals surface area contributed by atoms with Crippen LogP contribution in [0.3, 0.4) is 0 Å². The minimum Gasteiger partial charge on any atom is -0.480 e. The van der Waals surface area contributed by atoms with Gasteiger partial charge in [0.1, 0.15) is 6.04 Å². The van der Waals surface area contributed by atoms with Crippen molar-refractivity contribution in [3.8, 4) is 0 Å². The van der Waals surface area contributed by atoms with Crippen LogP contribution >= 0.6 is 12.2 Å². The summed E-state index contributed by atoms with van der Waals surface area (Å²) in [5, 5.41) is 11.5. The van der Waals surface area contributed by atoms with Gasteiger partial charge in [0.05, 0.1) is 0 Å². The Kier molecular flexibility index (Phi) is 3.81. The van der Waals surface area contributed by atoms with Gasteiger partial charge in [-0.15, -0.1) is 0 Å². The SMILES string of the molecule is C[C@@H](NC(=S)N(C)C)C(=O)O. The van der Waals surface area contributed by atoms with Gasteiger partial charge in [-0.05, 0) is 19.1 Å². The minimum absolute atomic E-state index is 0.430. The van der Waals surface area contributed by atoms with Gasteiger partial charge in [-0.25, -0.2) is 0 Å². The number of hydrogen-bond acceptors (Lipinski definition) is 2. The largest absolute Gasteiger partial charge is 0.480 e. The van der Waals surface area contributed by atoms with Crippen molar-refractivity contribution in [3.63, 3.8) is 0 Å². The summed E-state index contributed by atoms with van der Waals surface area (Å²) in [5.41, 5.74) is 0. The van der Waals surface area contributed by atoms with Crippen LogP contribution in [0, 0.1) is 0 Å². The van der Waals surface area contributed by atoms with Crippen LogP contribution in [0.15, 0.2) is 0 Å². The molecule has 0 aromatic rings. The zero-order chi connectivity index (χ0) is 9.02. The first-order valence-electron chi connectivity index (χ1n) is 3.15. The monoisotopic (exact) mass is 176 g/mol. The summed E-state index contributed by atoms with van der Waals surface area (Å²) in [7, 11) is 3.51. The van der Waals surface area contributed by atoms with Crippen LogP contribution in [-0.4, -0.2) is 41.2 Å². The first-order chi connectivity index (χ1) is 4.95. The summed E-state index contributed by atoms with van der Waals surface area (Å²) in [6.45, 7) is 1.54. The molecule has 0 radical (unpaired) electrons. The molecule has 0 aromatic heterocycles. The maximum absolute atomic E-state index is 10.3. The predicted octanol–water partition coefficient (Wildman–Crippen LogP) is -0.104. The molecule has 64 valence electrons. The maximum atomic E-state index is 10.3. The van der Waals surface area contributed by atoms with Crippen LogP contribution in [0.25, 0.3) is 0 Å². The Bertz CT molecular complexity index is 170. The molecule has 11 heavy (non-hydrogen) atoms. The molecule has 0 spiro atoms. The highest BCUT2D eigenvalue weighted by atomic mass is 32.1. The Morgan fingerprint density at radius 2 is 2.09 bits per heavy atom. The van der Waals surface area contributed by atoms with Crippen LogP contribution in [-0.2, 0) is 4.79 Å². The van der Waals surface area contributed by atoms with Gasteiger partial charge in [-0.3, -0.25) is 4.79 Å². The Labute approximate surface area is 71.2 Å². The molecule has 0 saturated heterocycles. The summed E-state index contributed by atoms with van der Waals surface area (Å²) < 4.78 is 0. The number of nitrogens with one attached hydrogen (secondary N) is 1. The highest BCUT2D eigenvalue weighted by Crippen LogP contribution is 1.84. The van der Waals surface area contributed by atoms with E-state index >= 15 is 0 Å². The van der Waals surface area contributed by atoms with Gasteiger partial charge in [-0.2, -0.15) is 0 Å². The Hall–Kier alpha value is -0.840. The van der Waals surface area contributed by atoms with Crippen LogP contribution in [0.1, 0.15) is 6.92 Å². The second-order valence-corrected chi connectivity index (χ2v) is 2.79. The fourth-order valence-electron chi connectivity index (χ4n) is 0.376. The van der Waals surface area contributed by atoms with Crippen molar-refractivity contribution in [1.29, 1.82) is 0 Å². The van der Waals surface area contributed by atoms with E-state index in [0.717, 1.165) is 0 Å². The summed E-state index contributed by atoms with van der Waals surface area (Å²) in [4.78, 5) is 12.0. The number of carboxylic acid groups (broad SMARTS) is 1. The third-order valence-electron chi connectivity index (χ3n) is 1.12. The normalized spacial score (nSPS) is 11.9. The molecule has 0 saturated carbocycles. The number of carboxylic acids is 1. The van der Waals surface area contributed by atoms with Crippen molar-refractivity contribution in [1.82, 2.24) is 10.2 Å². The van der Waals surface area contributed by atoms with Crippen molar-refractivity contribution in [2.24, 2.45) is 0 Å². The zero-order valence-corrected chi connectivity index (χ0v) is 7.60. The molecule has 2 N–H and O–H groups in total. The summed E-state index contributed by atoms with van der Waals surface area (Å²) >= 11 is 4.82. The van der Waals surface area contributed by atoms with Gasteiger partial charge in [0.25, 0.3) is 0 Å². The number of thiocarbonyl (C=S) groups is 1. The Balaban J connectivity index is 3.85. The molecule has 0 heterocycles. The van der Waals surface area contributed by atoms with E-state index in [0.29, 0.717) is 5.11 Å². The molecular formula is C6H12N2O2S. The van der Waals surface area contributed by atoms with E-state index in [-0.39, 0.29) is 0 Å². The van der Waals surface area contributed by atoms with E-state index < -0.39 is 12.0 Å². The summed E-state index contributed by atoms with van der Waals surface area (Å²) in [6, 6.07) is -0.634. The van der Waals surface area contributed by atoms with E-state index in [4.69, 9.17) is 17.3 Å². The van der Waals surface area contributed by atoms with Crippen LogP contribution in [0.5, 0.6) is 0 Å². The van der Waals surface area contributed by atoms with Crippen LogP contribution in [0.4, 0.5) is 0 Å². The lowest BCUT2D eigenvalue weighted by molar-refractivity contribution is -0.138. The number of nitrogens with zero attached hydrogens (tertiary/aromatic N) is 1. The Morgan fingerprint density at radius 1 is 1.64 bits per heavy atom. The van der Waals surface area contributed by atoms with E-state index in [2.05, 4.69) is 5.32 Å². The molecule has 0 fully saturated rings. The van der Waals surface area contributed by atoms with E-state index in [1.165, 1.54) is 6.92 Å². The van der Waals surface area contributed by atoms with E-state index in [1.807, 2.05) is 0 Å². The molecular weight excluding hydrogens is 164 g/mol. The molecule has 0 amide bonds. The van der Waals surface area contributed by atoms with Gasteiger partial charge >= 0.3 is 5.97 Å². The fourth-order valence-corrected chi connectivity index (χ4v) is 0.553. The molecule has 1 atom stereocenters. The van der Waals surface area contributed by atoms with E-state index in [9.17, 15) is 4.79 Å². The number of rotatable bonds is 2. The molecule has 4 nitrogen and oxygen atoms in total. The van der Waals surface area contributed by atoms with Crippen molar-refractivity contribution in [3.05, 3.63) is 0 Å². The third kappa shape index (κ3) is 3.77. The molecule has 0 bridgehead atoms. The molecule has 0 aromatic carbocycles. The average molecular weight is 176 g/mol. The van der Waals surface area contributed by atoms with Gasteiger partial charge in [0.15, 0.2) is 5.11 Å². The smallest absolute Gasteiger partial charge is 0.325 e. The minimum atomic E-state index is -0.908. The summed E-state index contributed by atoms with van der Waals surface area (Å²) in [5.74, 6) is -0.908. The van der Waals surface area contributed by atoms with Gasteiger partial charge < -0.3 is 15.3 Å². The Morgan fingerprint density at radius 3 is 2.36 bits per heavy atom. The second-order valence-electron chi connectivity index (χ2n) is 2.40. The summed E-state index contributed by atoms with van der Waals surface area (Å²) in [6.07, 6.45) is 0. The molecule has 0 aliphatic heterocycles. The number of carbonyl (C=O) groups is 1. The van der Waals surface area contributed by atoms with Crippen molar-refractivity contribution in [2.45, 2.75) is 13.0 Å². The second kappa shape index (κ2) is 4.12. The molecule has 0 aliphatic carbocycles. The first kappa shape index (κ1) is 10.2. The molecule has 0 rings (SSSR count). The maximum Gasteiger partial charge on any atom is 0.325 e. The number of hydrogen-bond donors (Lipinski definition) is 2. The fraction of sp³-hybridized carbons (Fsp3) is 0.667. The van der Waals surface area contributed by atoms with Gasteiger partial charge in [-0.1, -0.05) is 0 Å². The molecule has 0 unspecified atom stereocenters. The standard InChI is InChI=1S/C6H12N2O2S/c1-4(5(9)10)7-6(11)8(2)3/h4H,1-3H3,(H,7,11)(H,9,10)/t4-/m1/s1. The van der Waals surface area contributed by atoms with Crippen LogP contribution in [0.2, 0.25) is 0 Å². The van der Waals surface area contributed by atoms with Gasteiger partial charge in [0, 0.05) is 14.1 Å². The van der Waals surface area contributed by atoms with Crippen molar-refractivity contribution < 1.29 is 9.90 Å². The average Bonchev–Trinajstić information content (AvgIpc) is 1.87. The predicted molar refractivity (Wildman–Crippen MR) is 46.5 cm³/mol. The lowest BCUT2D eigenvalue weighted by Crippen LogP contribution is -2.43. The third-order valence-corrected chi connectivity index (χ3v) is 1.60. The highest BCUT2D eigenvalue weighted by molar-refractivity contribution is 7.80. The van der Waals surface area contributed by atoms with Crippen molar-refractivity contribution >= 4 is 23.3 Å². The zero-order valence-electron chi connectivity index (χ0n) is 6.79. The topological polar surface area (TPSA) is 52.6 Å². The lowest BCUT2D eigenvalue weighted by Gasteiger charge is -2.17. The number of aliphatic carboxylic acids is 1. The quantitative estimate of drug-likeness (QED) is 0.575. The highest BCUT2D eigenvalue weighted by Gasteiger charge is 2.11.